The molecular formula is C14H21ClN4O. The Balaban J connectivity index is 2.11. The number of halogens is 1. The van der Waals surface area contributed by atoms with Crippen LogP contribution in [0.4, 0.5) is 0 Å². The molecule has 1 aliphatic carbocycles. The summed E-state index contributed by atoms with van der Waals surface area (Å²) in [6.07, 6.45) is 3.43. The van der Waals surface area contributed by atoms with Crippen molar-refractivity contribution in [1.82, 2.24) is 19.3 Å². The molecule has 0 atom stereocenters. The summed E-state index contributed by atoms with van der Waals surface area (Å²) in [5.41, 5.74) is 2.95. The minimum absolute atomic E-state index is 0.0504. The molecule has 110 valence electrons. The van der Waals surface area contributed by atoms with Gasteiger partial charge in [-0.15, -0.1) is 11.6 Å². The van der Waals surface area contributed by atoms with Gasteiger partial charge in [0.1, 0.15) is 11.3 Å². The van der Waals surface area contributed by atoms with Gasteiger partial charge in [0.15, 0.2) is 5.65 Å². The first-order valence-corrected chi connectivity index (χ1v) is 7.71. The van der Waals surface area contributed by atoms with Crippen molar-refractivity contribution >= 4 is 22.8 Å². The summed E-state index contributed by atoms with van der Waals surface area (Å²) in [4.78, 5) is 4.67. The largest absolute Gasteiger partial charge is 0.376 e. The highest BCUT2D eigenvalue weighted by molar-refractivity contribution is 6.16. The normalized spacial score (nSPS) is 17.6. The Hall–Kier alpha value is -1.07. The molecule has 0 bridgehead atoms. The van der Waals surface area contributed by atoms with Gasteiger partial charge in [-0.3, -0.25) is 0 Å². The van der Waals surface area contributed by atoms with E-state index < -0.39 is 0 Å². The molecule has 0 aromatic carbocycles. The van der Waals surface area contributed by atoms with Gasteiger partial charge >= 0.3 is 0 Å². The summed E-state index contributed by atoms with van der Waals surface area (Å²) in [6, 6.07) is 0. The molecule has 0 saturated heterocycles. The summed E-state index contributed by atoms with van der Waals surface area (Å²) in [7, 11) is 1.80. The van der Waals surface area contributed by atoms with Crippen molar-refractivity contribution in [2.24, 2.45) is 0 Å². The molecule has 20 heavy (non-hydrogen) atoms. The van der Waals surface area contributed by atoms with E-state index in [-0.39, 0.29) is 5.60 Å². The summed E-state index contributed by atoms with van der Waals surface area (Å²) < 4.78 is 9.97. The second-order valence-electron chi connectivity index (χ2n) is 5.56. The number of hydrogen-bond donors (Lipinski definition) is 0. The maximum Gasteiger partial charge on any atom is 0.159 e. The van der Waals surface area contributed by atoms with Gasteiger partial charge in [0.25, 0.3) is 0 Å². The molecule has 2 aromatic heterocycles. The third-order valence-corrected chi connectivity index (χ3v) is 4.68. The van der Waals surface area contributed by atoms with Gasteiger partial charge in [-0.1, -0.05) is 0 Å². The molecule has 1 aliphatic rings. The molecule has 1 saturated carbocycles. The predicted octanol–water partition coefficient (Wildman–Crippen LogP) is 2.87. The quantitative estimate of drug-likeness (QED) is 0.797. The second kappa shape index (κ2) is 5.04. The van der Waals surface area contributed by atoms with Crippen LogP contribution in [0.25, 0.3) is 11.2 Å². The highest BCUT2D eigenvalue weighted by Crippen LogP contribution is 2.38. The fourth-order valence-corrected chi connectivity index (χ4v) is 3.25. The van der Waals surface area contributed by atoms with Gasteiger partial charge < -0.3 is 9.30 Å². The van der Waals surface area contributed by atoms with Gasteiger partial charge in [-0.05, 0) is 33.1 Å². The number of hydrogen-bond acceptors (Lipinski definition) is 3. The highest BCUT2D eigenvalue weighted by Gasteiger charge is 2.38. The van der Waals surface area contributed by atoms with Gasteiger partial charge in [0.05, 0.1) is 23.7 Å². The van der Waals surface area contributed by atoms with Gasteiger partial charge in [0, 0.05) is 13.7 Å². The van der Waals surface area contributed by atoms with Crippen LogP contribution in [0.15, 0.2) is 0 Å². The molecule has 0 spiro atoms. The van der Waals surface area contributed by atoms with Gasteiger partial charge in [-0.2, -0.15) is 5.10 Å². The van der Waals surface area contributed by atoms with Crippen LogP contribution in [0, 0.1) is 6.92 Å². The van der Waals surface area contributed by atoms with Crippen molar-refractivity contribution in [2.75, 3.05) is 7.11 Å². The molecule has 0 N–H and O–H groups in total. The monoisotopic (exact) mass is 296 g/mol. The van der Waals surface area contributed by atoms with E-state index >= 15 is 0 Å². The Kier molecular flexibility index (Phi) is 3.50. The van der Waals surface area contributed by atoms with E-state index in [1.165, 1.54) is 6.42 Å². The van der Waals surface area contributed by atoms with Gasteiger partial charge in [0.2, 0.25) is 0 Å². The minimum Gasteiger partial charge on any atom is -0.376 e. The topological polar surface area (TPSA) is 44.9 Å². The number of rotatable bonds is 5. The number of aryl methyl sites for hydroxylation is 2. The van der Waals surface area contributed by atoms with E-state index in [9.17, 15) is 0 Å². The van der Waals surface area contributed by atoms with E-state index in [1.54, 1.807) is 7.11 Å². The molecule has 0 aliphatic heterocycles. The van der Waals surface area contributed by atoms with Crippen LogP contribution in [0.2, 0.25) is 0 Å². The van der Waals surface area contributed by atoms with Crippen molar-refractivity contribution in [2.45, 2.75) is 57.7 Å². The summed E-state index contributed by atoms with van der Waals surface area (Å²) >= 11 is 6.09. The number of ether oxygens (including phenoxy) is 1. The molecule has 0 radical (unpaired) electrons. The lowest BCUT2D eigenvalue weighted by molar-refractivity contribution is -0.0833. The Labute approximate surface area is 123 Å². The smallest absolute Gasteiger partial charge is 0.159 e. The van der Waals surface area contributed by atoms with Crippen molar-refractivity contribution in [3.63, 3.8) is 0 Å². The highest BCUT2D eigenvalue weighted by atomic mass is 35.5. The van der Waals surface area contributed by atoms with Crippen molar-refractivity contribution in [3.8, 4) is 0 Å². The number of methoxy groups -OCH3 is 1. The molecule has 3 rings (SSSR count). The second-order valence-corrected chi connectivity index (χ2v) is 5.83. The van der Waals surface area contributed by atoms with Crippen molar-refractivity contribution in [1.29, 1.82) is 0 Å². The van der Waals surface area contributed by atoms with E-state index in [0.717, 1.165) is 48.6 Å². The molecular weight excluding hydrogens is 276 g/mol. The maximum absolute atomic E-state index is 6.09. The lowest BCUT2D eigenvalue weighted by Gasteiger charge is -2.41. The van der Waals surface area contributed by atoms with Gasteiger partial charge in [-0.25, -0.2) is 9.67 Å². The predicted molar refractivity (Wildman–Crippen MR) is 79.1 cm³/mol. The molecule has 1 fully saturated rings. The minimum atomic E-state index is -0.0504. The van der Waals surface area contributed by atoms with Crippen LogP contribution in [0.1, 0.15) is 37.7 Å². The number of nitrogens with zero attached hydrogens (tertiary/aromatic N) is 4. The van der Waals surface area contributed by atoms with Crippen LogP contribution in [0.3, 0.4) is 0 Å². The van der Waals surface area contributed by atoms with Crippen molar-refractivity contribution in [3.05, 3.63) is 11.5 Å². The average Bonchev–Trinajstić information content (AvgIpc) is 2.92. The van der Waals surface area contributed by atoms with Crippen LogP contribution in [-0.4, -0.2) is 32.0 Å². The number of fused-ring (bicyclic) bond motifs is 1. The standard InChI is InChI=1S/C14H21ClN4O/c1-4-19-13-12(10(2)17-19)16-11(8-15)18(13)9-14(20-3)6-5-7-14/h4-9H2,1-3H3. The summed E-state index contributed by atoms with van der Waals surface area (Å²) in [5.74, 6) is 1.32. The first-order valence-electron chi connectivity index (χ1n) is 7.18. The molecule has 6 heteroatoms. The first-order chi connectivity index (χ1) is 9.64. The molecule has 5 nitrogen and oxygen atoms in total. The zero-order valence-electron chi connectivity index (χ0n) is 12.3. The van der Waals surface area contributed by atoms with Crippen molar-refractivity contribution < 1.29 is 4.74 Å². The summed E-state index contributed by atoms with van der Waals surface area (Å²) in [6.45, 7) is 5.74. The lowest BCUT2D eigenvalue weighted by Crippen LogP contribution is -2.43. The summed E-state index contributed by atoms with van der Waals surface area (Å²) in [5, 5.41) is 4.55. The number of alkyl halides is 1. The Morgan fingerprint density at radius 2 is 2.15 bits per heavy atom. The fourth-order valence-electron chi connectivity index (χ4n) is 3.04. The fraction of sp³-hybridized carbons (Fsp3) is 0.714. The third-order valence-electron chi connectivity index (χ3n) is 4.44. The van der Waals surface area contributed by atoms with E-state index in [0.29, 0.717) is 5.88 Å². The Morgan fingerprint density at radius 3 is 2.65 bits per heavy atom. The SMILES string of the molecule is CCn1nc(C)c2nc(CCl)n(CC3(OC)CCC3)c21. The van der Waals surface area contributed by atoms with E-state index in [1.807, 2.05) is 11.6 Å². The maximum atomic E-state index is 6.09. The molecule has 0 unspecified atom stereocenters. The van der Waals surface area contributed by atoms with Crippen LogP contribution in [-0.2, 0) is 23.7 Å². The molecule has 2 aromatic rings. The van der Waals surface area contributed by atoms with Crippen LogP contribution >= 0.6 is 11.6 Å². The third kappa shape index (κ3) is 1.95. The number of imidazole rings is 1. The van der Waals surface area contributed by atoms with Crippen LogP contribution < -0.4 is 0 Å². The first kappa shape index (κ1) is 13.9. The zero-order valence-corrected chi connectivity index (χ0v) is 13.1. The van der Waals surface area contributed by atoms with Crippen LogP contribution in [0.5, 0.6) is 0 Å². The average molecular weight is 297 g/mol. The molecule has 2 heterocycles. The molecule has 0 amide bonds. The van der Waals surface area contributed by atoms with E-state index in [2.05, 4.69) is 21.6 Å². The lowest BCUT2D eigenvalue weighted by atomic mass is 9.80. The van der Waals surface area contributed by atoms with E-state index in [4.69, 9.17) is 16.3 Å². The zero-order chi connectivity index (χ0) is 14.3. The Bertz CT molecular complexity index is 621. The number of aromatic nitrogens is 4. The Morgan fingerprint density at radius 1 is 1.40 bits per heavy atom.